The minimum absolute atomic E-state index is 0.0471. The fraction of sp³-hybridized carbons (Fsp3) is 0.788. The third kappa shape index (κ3) is 15.9. The molecule has 236 valence electrons. The van der Waals surface area contributed by atoms with E-state index in [4.69, 9.17) is 9.47 Å². The molecule has 6 nitrogen and oxygen atoms in total. The molecule has 1 rings (SSSR count). The van der Waals surface area contributed by atoms with Crippen molar-refractivity contribution in [1.82, 2.24) is 0 Å². The zero-order valence-electron chi connectivity index (χ0n) is 26.3. The summed E-state index contributed by atoms with van der Waals surface area (Å²) in [6, 6.07) is 9.26. The van der Waals surface area contributed by atoms with E-state index in [2.05, 4.69) is 49.9 Å². The van der Waals surface area contributed by atoms with Crippen LogP contribution in [0.15, 0.2) is 24.3 Å². The minimum Gasteiger partial charge on any atom is -0.474 e. The monoisotopic (exact) mass is 613 g/mol. The van der Waals surface area contributed by atoms with Gasteiger partial charge in [0.15, 0.2) is 0 Å². The summed E-state index contributed by atoms with van der Waals surface area (Å²) in [4.78, 5) is 21.2. The van der Waals surface area contributed by atoms with E-state index in [1.165, 1.54) is 86.8 Å². The molecule has 0 heterocycles. The van der Waals surface area contributed by atoms with Gasteiger partial charge in [-0.15, -0.1) is 0 Å². The maximum atomic E-state index is 11.8. The average Bonchev–Trinajstić information content (AvgIpc) is 2.96. The van der Waals surface area contributed by atoms with Crippen LogP contribution >= 0.6 is 19.8 Å². The van der Waals surface area contributed by atoms with Crippen LogP contribution in [0.25, 0.3) is 0 Å². The Labute approximate surface area is 255 Å². The van der Waals surface area contributed by atoms with E-state index in [-0.39, 0.29) is 6.61 Å². The summed E-state index contributed by atoms with van der Waals surface area (Å²) in [5.74, 6) is 1.58. The summed E-state index contributed by atoms with van der Waals surface area (Å²) in [7, 11) is -3.18. The van der Waals surface area contributed by atoms with Crippen molar-refractivity contribution in [2.75, 3.05) is 18.1 Å². The van der Waals surface area contributed by atoms with Gasteiger partial charge in [0.05, 0.1) is 12.7 Å². The van der Waals surface area contributed by atoms with Gasteiger partial charge in [-0.1, -0.05) is 109 Å². The number of carboxylic acid groups (broad SMARTS) is 1. The zero-order valence-corrected chi connectivity index (χ0v) is 28.0. The van der Waals surface area contributed by atoms with Crippen molar-refractivity contribution < 1.29 is 28.8 Å². The van der Waals surface area contributed by atoms with E-state index >= 15 is 0 Å². The summed E-state index contributed by atoms with van der Waals surface area (Å²) in [5.41, 5.74) is 0.508. The lowest BCUT2D eigenvalue weighted by molar-refractivity contribution is -0.221. The summed E-state index contributed by atoms with van der Waals surface area (Å²) in [5, 5.41) is 9.48. The smallest absolute Gasteiger partial charge is 0.474 e. The number of rotatable bonds is 27. The molecule has 0 spiro atoms. The summed E-state index contributed by atoms with van der Waals surface area (Å²) >= 11 is 2.10. The van der Waals surface area contributed by atoms with Crippen LogP contribution in [0.3, 0.4) is 0 Å². The molecule has 1 aromatic carbocycles. The van der Waals surface area contributed by atoms with Gasteiger partial charge in [-0.3, -0.25) is 9.47 Å². The number of aliphatic carboxylic acids is 1. The topological polar surface area (TPSA) is 93.1 Å². The van der Waals surface area contributed by atoms with E-state index in [0.717, 1.165) is 25.7 Å². The number of carbonyl (C=O) groups is 1. The zero-order chi connectivity index (χ0) is 30.3. The molecule has 1 aromatic rings. The number of carboxylic acids is 1. The van der Waals surface area contributed by atoms with Gasteiger partial charge in [0.1, 0.15) is 0 Å². The van der Waals surface area contributed by atoms with Crippen LogP contribution in [0.2, 0.25) is 0 Å². The predicted molar refractivity (Wildman–Crippen MR) is 173 cm³/mol. The highest BCUT2D eigenvalue weighted by Crippen LogP contribution is 2.40. The summed E-state index contributed by atoms with van der Waals surface area (Å²) in [6.07, 6.45) is 17.8. The van der Waals surface area contributed by atoms with E-state index in [1.54, 1.807) is 13.8 Å². The molecular weight excluding hydrogens is 555 g/mol. The number of thioether (sulfide) groups is 1. The van der Waals surface area contributed by atoms with Crippen molar-refractivity contribution in [1.29, 1.82) is 0 Å². The molecule has 0 aliphatic carbocycles. The second kappa shape index (κ2) is 23.5. The Kier molecular flexibility index (Phi) is 21.8. The number of hydrogen-bond acceptors (Lipinski definition) is 5. The first kappa shape index (κ1) is 38.0. The second-order valence-corrected chi connectivity index (χ2v) is 13.6. The summed E-state index contributed by atoms with van der Waals surface area (Å²) in [6.45, 7) is 8.10. The first-order chi connectivity index (χ1) is 19.8. The molecule has 0 saturated heterocycles. The van der Waals surface area contributed by atoms with Crippen molar-refractivity contribution in [2.24, 2.45) is 0 Å². The van der Waals surface area contributed by atoms with E-state index < -0.39 is 25.6 Å². The maximum absolute atomic E-state index is 11.8. The van der Waals surface area contributed by atoms with Crippen LogP contribution in [0.4, 0.5) is 0 Å². The van der Waals surface area contributed by atoms with Gasteiger partial charge in [-0.05, 0) is 78.6 Å². The molecule has 4 atom stereocenters. The lowest BCUT2D eigenvalue weighted by Crippen LogP contribution is -2.43. The fourth-order valence-electron chi connectivity index (χ4n) is 5.11. The van der Waals surface area contributed by atoms with Gasteiger partial charge in [0.2, 0.25) is 0 Å². The molecule has 0 saturated carbocycles. The highest BCUT2D eigenvalue weighted by atomic mass is 32.2. The van der Waals surface area contributed by atoms with Gasteiger partial charge >= 0.3 is 19.5 Å². The molecule has 41 heavy (non-hydrogen) atoms. The Balaban J connectivity index is 2.25. The van der Waals surface area contributed by atoms with Gasteiger partial charge in [0.25, 0.3) is 0 Å². The number of hydrogen-bond donors (Lipinski definition) is 2. The molecule has 2 N–H and O–H groups in total. The highest BCUT2D eigenvalue weighted by Gasteiger charge is 2.62. The molecule has 0 radical (unpaired) electrons. The van der Waals surface area contributed by atoms with Crippen molar-refractivity contribution in [3.63, 3.8) is 0 Å². The molecule has 0 aliphatic rings. The Morgan fingerprint density at radius 3 is 2.20 bits per heavy atom. The first-order valence-electron chi connectivity index (χ1n) is 16.2. The van der Waals surface area contributed by atoms with Crippen LogP contribution in [0.1, 0.15) is 141 Å². The largest absolute Gasteiger partial charge is 0.586 e. The van der Waals surface area contributed by atoms with Crippen LogP contribution in [0, 0.1) is 0 Å². The van der Waals surface area contributed by atoms with Crippen molar-refractivity contribution in [2.45, 2.75) is 148 Å². The quantitative estimate of drug-likeness (QED) is 0.0579. The lowest BCUT2D eigenvalue weighted by Gasteiger charge is -2.22. The second-order valence-electron chi connectivity index (χ2n) is 11.2. The Morgan fingerprint density at radius 2 is 1.56 bits per heavy atom. The first-order valence-corrected chi connectivity index (χ1v) is 18.5. The number of benzene rings is 1. The average molecular weight is 614 g/mol. The van der Waals surface area contributed by atoms with E-state index in [0.29, 0.717) is 18.8 Å². The lowest BCUT2D eigenvalue weighted by atomic mass is 9.89. The van der Waals surface area contributed by atoms with Crippen molar-refractivity contribution in [3.8, 4) is 0 Å². The maximum Gasteiger partial charge on any atom is 0.586 e. The van der Waals surface area contributed by atoms with E-state index in [1.807, 2.05) is 0 Å². The van der Waals surface area contributed by atoms with E-state index in [9.17, 15) is 19.4 Å². The van der Waals surface area contributed by atoms with Crippen LogP contribution < -0.4 is 0 Å². The summed E-state index contributed by atoms with van der Waals surface area (Å²) < 4.78 is 22.4. The van der Waals surface area contributed by atoms with Crippen LogP contribution in [-0.2, 0) is 25.3 Å². The molecule has 0 amide bonds. The van der Waals surface area contributed by atoms with Gasteiger partial charge in [-0.25, -0.2) is 4.79 Å². The Morgan fingerprint density at radius 1 is 0.902 bits per heavy atom. The van der Waals surface area contributed by atoms with Gasteiger partial charge in [-0.2, -0.15) is 16.7 Å². The molecule has 0 aliphatic heterocycles. The SMILES string of the molecule is CCCCCCCC(CCSCCCCCCCCC(C)OC(OCCC)(C(=O)O)[P+](=O)O)c1cccc(CC)c1. The standard InChI is InChI=1S/C33H57O6PS/c1-5-8-9-12-16-21-30(31-22-18-20-29(7-3)27-31)23-26-41-25-17-14-11-10-13-15-19-28(4)39-33(32(34)35,40(36)37)38-24-6-2/h18,20,22,27-28,30H,5-17,19,21,23-26H2,1-4H3,(H-,34,35,36,37)/p+1. The van der Waals surface area contributed by atoms with Gasteiger partial charge in [0, 0.05) is 0 Å². The molecule has 0 bridgehead atoms. The molecular formula is C33H58O6PS+. The number of ether oxygens (including phenoxy) is 2. The third-order valence-corrected chi connectivity index (χ3v) is 9.66. The molecule has 0 aromatic heterocycles. The number of aryl methyl sites for hydroxylation is 1. The van der Waals surface area contributed by atoms with Gasteiger partial charge < -0.3 is 5.11 Å². The van der Waals surface area contributed by atoms with Crippen LogP contribution in [0.5, 0.6) is 0 Å². The Bertz CT molecular complexity index is 822. The molecule has 4 unspecified atom stereocenters. The third-order valence-electron chi connectivity index (χ3n) is 7.63. The highest BCUT2D eigenvalue weighted by molar-refractivity contribution is 7.99. The number of unbranched alkanes of at least 4 members (excludes halogenated alkanes) is 9. The van der Waals surface area contributed by atoms with Crippen molar-refractivity contribution in [3.05, 3.63) is 35.4 Å². The Hall–Kier alpha value is -0.980. The normalized spacial score (nSPS) is 14.9. The van der Waals surface area contributed by atoms with Crippen LogP contribution in [-0.4, -0.2) is 45.7 Å². The fourth-order valence-corrected chi connectivity index (χ4v) is 6.81. The molecule has 8 heteroatoms. The predicted octanol–water partition coefficient (Wildman–Crippen LogP) is 9.85. The van der Waals surface area contributed by atoms with Crippen molar-refractivity contribution >= 4 is 25.8 Å². The minimum atomic E-state index is -3.18. The molecule has 0 fully saturated rings.